The molecule has 1 aliphatic rings. The summed E-state index contributed by atoms with van der Waals surface area (Å²) in [6, 6.07) is 24.1. The quantitative estimate of drug-likeness (QED) is 0.314. The zero-order chi connectivity index (χ0) is 26.5. The lowest BCUT2D eigenvalue weighted by Crippen LogP contribution is -2.48. The average molecular weight is 519 g/mol. The second-order valence-electron chi connectivity index (χ2n) is 8.63. The second-order valence-corrected chi connectivity index (χ2v) is 9.05. The zero-order valence-corrected chi connectivity index (χ0v) is 21.2. The van der Waals surface area contributed by atoms with Crippen molar-refractivity contribution in [3.63, 3.8) is 0 Å². The van der Waals surface area contributed by atoms with Crippen molar-refractivity contribution in [2.75, 3.05) is 18.6 Å². The van der Waals surface area contributed by atoms with Crippen LogP contribution in [0.1, 0.15) is 38.7 Å². The summed E-state index contributed by atoms with van der Waals surface area (Å²) < 4.78 is 5.99. The molecule has 2 N–H and O–H groups in total. The number of anilines is 1. The molecule has 0 fully saturated rings. The van der Waals surface area contributed by atoms with E-state index in [1.165, 1.54) is 0 Å². The Morgan fingerprint density at radius 3 is 2.66 bits per heavy atom. The van der Waals surface area contributed by atoms with E-state index in [9.17, 15) is 4.79 Å². The van der Waals surface area contributed by atoms with E-state index < -0.39 is 11.9 Å². The Morgan fingerprint density at radius 2 is 1.87 bits per heavy atom. The Hall–Kier alpha value is -4.99. The number of fused-ring (bicyclic) bond motifs is 1. The van der Waals surface area contributed by atoms with Gasteiger partial charge in [0, 0.05) is 24.6 Å². The Balaban J connectivity index is 1.28. The molecule has 3 aromatic carbocycles. The Kier molecular flexibility index (Phi) is 7.12. The van der Waals surface area contributed by atoms with E-state index in [0.29, 0.717) is 28.5 Å². The summed E-state index contributed by atoms with van der Waals surface area (Å²) in [6.07, 6.45) is 0.541. The maximum absolute atomic E-state index is 12.9. The van der Waals surface area contributed by atoms with Gasteiger partial charge >= 0.3 is 0 Å². The minimum atomic E-state index is -0.561. The smallest absolute Gasteiger partial charge is 0.291 e. The summed E-state index contributed by atoms with van der Waals surface area (Å²) in [5.74, 6) is 7.04. The van der Waals surface area contributed by atoms with E-state index in [4.69, 9.17) is 22.2 Å². The van der Waals surface area contributed by atoms with Crippen molar-refractivity contribution in [1.29, 1.82) is 5.26 Å². The number of rotatable bonds is 4. The lowest BCUT2D eigenvalue weighted by Gasteiger charge is -2.23. The molecule has 0 saturated carbocycles. The first-order chi connectivity index (χ1) is 18.5. The number of nitrogens with zero attached hydrogens (tertiary/aromatic N) is 4. The van der Waals surface area contributed by atoms with Crippen LogP contribution in [0.5, 0.6) is 5.75 Å². The second kappa shape index (κ2) is 11.0. The highest BCUT2D eigenvalue weighted by molar-refractivity contribution is 7.80. The lowest BCUT2D eigenvalue weighted by atomic mass is 10.1. The number of aromatic amines is 1. The summed E-state index contributed by atoms with van der Waals surface area (Å²) >= 11 is 5.70. The standard InChI is InChI=1S/C29H22N6O2S/c1-35-24-15-21(11-10-20-8-5-9-22(14-20)17-30)12-13-25(24)37-18-23(29(35)38)31-28(36)27-32-26(33-34-27)16-19-6-3-2-4-7-19/h2-9,12-15,23H,16,18H2,1H3,(H,31,36)(H,32,33,34)/t23-/m0/s1. The van der Waals surface area contributed by atoms with Crippen molar-refractivity contribution in [2.45, 2.75) is 12.5 Å². The van der Waals surface area contributed by atoms with Crippen LogP contribution >= 0.6 is 12.2 Å². The molecular formula is C29H22N6O2S. The highest BCUT2D eigenvalue weighted by Crippen LogP contribution is 2.32. The summed E-state index contributed by atoms with van der Waals surface area (Å²) in [5.41, 5.74) is 3.88. The SMILES string of the molecule is CN1C(=S)[C@@H](NC(=O)c2n[nH]c(Cc3ccccc3)n2)COc2ccc(C#Cc3cccc(C#N)c3)cc21. The maximum atomic E-state index is 12.9. The summed E-state index contributed by atoms with van der Waals surface area (Å²) in [4.78, 5) is 19.5. The number of nitriles is 1. The fourth-order valence-corrected chi connectivity index (χ4v) is 4.20. The largest absolute Gasteiger partial charge is 0.489 e. The van der Waals surface area contributed by atoms with E-state index in [1.54, 1.807) is 18.2 Å². The van der Waals surface area contributed by atoms with Crippen LogP contribution in [0, 0.1) is 23.2 Å². The highest BCUT2D eigenvalue weighted by Gasteiger charge is 2.29. The molecule has 38 heavy (non-hydrogen) atoms. The van der Waals surface area contributed by atoms with Crippen LogP contribution in [-0.2, 0) is 6.42 Å². The fourth-order valence-electron chi connectivity index (χ4n) is 3.98. The number of carbonyl (C=O) groups excluding carboxylic acids is 1. The number of benzene rings is 3. The van der Waals surface area contributed by atoms with Gasteiger partial charge in [-0.25, -0.2) is 4.98 Å². The number of nitrogens with one attached hydrogen (secondary N) is 2. The number of hydrogen-bond acceptors (Lipinski definition) is 6. The van der Waals surface area contributed by atoms with Crippen molar-refractivity contribution < 1.29 is 9.53 Å². The molecule has 0 spiro atoms. The van der Waals surface area contributed by atoms with Gasteiger partial charge in [0.1, 0.15) is 29.2 Å². The minimum absolute atomic E-state index is 0.0428. The van der Waals surface area contributed by atoms with E-state index in [1.807, 2.05) is 66.5 Å². The molecular weight excluding hydrogens is 496 g/mol. The monoisotopic (exact) mass is 518 g/mol. The molecule has 8 nitrogen and oxygen atoms in total. The van der Waals surface area contributed by atoms with Gasteiger partial charge < -0.3 is 15.0 Å². The van der Waals surface area contributed by atoms with Crippen molar-refractivity contribution in [1.82, 2.24) is 20.5 Å². The van der Waals surface area contributed by atoms with Crippen molar-refractivity contribution in [3.05, 3.63) is 107 Å². The number of ether oxygens (including phenoxy) is 1. The van der Waals surface area contributed by atoms with Gasteiger partial charge in [0.25, 0.3) is 5.91 Å². The first kappa shape index (κ1) is 24.7. The van der Waals surface area contributed by atoms with Gasteiger partial charge in [-0.3, -0.25) is 9.89 Å². The van der Waals surface area contributed by atoms with Gasteiger partial charge in [-0.05, 0) is 42.0 Å². The van der Waals surface area contributed by atoms with Crippen molar-refractivity contribution >= 4 is 28.8 Å². The number of aromatic nitrogens is 3. The molecule has 0 radical (unpaired) electrons. The van der Waals surface area contributed by atoms with Gasteiger partial charge in [0.2, 0.25) is 5.82 Å². The van der Waals surface area contributed by atoms with Gasteiger partial charge in [-0.2, -0.15) is 5.26 Å². The highest BCUT2D eigenvalue weighted by atomic mass is 32.1. The van der Waals surface area contributed by atoms with Crippen molar-refractivity contribution in [3.8, 4) is 23.7 Å². The van der Waals surface area contributed by atoms with Crippen LogP contribution in [0.4, 0.5) is 5.69 Å². The molecule has 5 rings (SSSR count). The van der Waals surface area contributed by atoms with E-state index in [2.05, 4.69) is 38.4 Å². The van der Waals surface area contributed by atoms with Crippen LogP contribution in [0.2, 0.25) is 0 Å². The molecule has 0 aliphatic carbocycles. The van der Waals surface area contributed by atoms with Crippen LogP contribution in [0.25, 0.3) is 0 Å². The third-order valence-electron chi connectivity index (χ3n) is 5.95. The molecule has 1 atom stereocenters. The van der Waals surface area contributed by atoms with Gasteiger partial charge in [-0.15, -0.1) is 5.10 Å². The summed E-state index contributed by atoms with van der Waals surface area (Å²) in [5, 5.41) is 18.9. The Morgan fingerprint density at radius 1 is 1.11 bits per heavy atom. The molecule has 1 aromatic heterocycles. The van der Waals surface area contributed by atoms with Gasteiger partial charge in [0.15, 0.2) is 0 Å². The number of likely N-dealkylation sites (N-methyl/N-ethyl adjacent to an activating group) is 1. The predicted molar refractivity (Wildman–Crippen MR) is 147 cm³/mol. The molecule has 0 unspecified atom stereocenters. The van der Waals surface area contributed by atoms with Crippen LogP contribution in [0.15, 0.2) is 72.8 Å². The molecule has 1 aliphatic heterocycles. The van der Waals surface area contributed by atoms with E-state index in [-0.39, 0.29) is 12.4 Å². The molecule has 2 heterocycles. The normalized spacial score (nSPS) is 14.3. The number of amides is 1. The number of H-pyrrole nitrogens is 1. The molecule has 4 aromatic rings. The molecule has 0 saturated heterocycles. The van der Waals surface area contributed by atoms with Crippen LogP contribution < -0.4 is 15.0 Å². The molecule has 186 valence electrons. The van der Waals surface area contributed by atoms with Crippen LogP contribution in [0.3, 0.4) is 0 Å². The predicted octanol–water partition coefficient (Wildman–Crippen LogP) is 3.62. The third kappa shape index (κ3) is 5.54. The first-order valence-corrected chi connectivity index (χ1v) is 12.2. The summed E-state index contributed by atoms with van der Waals surface area (Å²) in [6.45, 7) is 0.162. The summed E-state index contributed by atoms with van der Waals surface area (Å²) in [7, 11) is 1.83. The topological polar surface area (TPSA) is 107 Å². The van der Waals surface area contributed by atoms with Gasteiger partial charge in [0.05, 0.1) is 17.3 Å². The Labute approximate surface area is 225 Å². The molecule has 0 bridgehead atoms. The minimum Gasteiger partial charge on any atom is -0.489 e. The van der Waals surface area contributed by atoms with Crippen LogP contribution in [-0.4, -0.2) is 45.8 Å². The lowest BCUT2D eigenvalue weighted by molar-refractivity contribution is 0.0927. The first-order valence-electron chi connectivity index (χ1n) is 11.8. The Bertz CT molecular complexity index is 1610. The molecule has 1 amide bonds. The number of thiocarbonyl (C=S) groups is 1. The average Bonchev–Trinajstić information content (AvgIpc) is 3.38. The van der Waals surface area contributed by atoms with Crippen molar-refractivity contribution in [2.24, 2.45) is 0 Å². The number of hydrogen-bond donors (Lipinski definition) is 2. The van der Waals surface area contributed by atoms with Gasteiger partial charge in [-0.1, -0.05) is 60.5 Å². The third-order valence-corrected chi connectivity index (χ3v) is 6.51. The number of carbonyl (C=O) groups is 1. The maximum Gasteiger partial charge on any atom is 0.291 e. The molecule has 9 heteroatoms. The van der Waals surface area contributed by atoms with E-state index >= 15 is 0 Å². The zero-order valence-electron chi connectivity index (χ0n) is 20.4. The van der Waals surface area contributed by atoms with E-state index in [0.717, 1.165) is 22.4 Å². The fraction of sp³-hybridized carbons (Fsp3) is 0.138.